The van der Waals surface area contributed by atoms with Crippen molar-refractivity contribution in [3.63, 3.8) is 0 Å². The predicted molar refractivity (Wildman–Crippen MR) is 88.8 cm³/mol. The van der Waals surface area contributed by atoms with E-state index >= 15 is 0 Å². The van der Waals surface area contributed by atoms with Crippen LogP contribution < -0.4 is 5.45 Å². The molecule has 0 spiro atoms. The van der Waals surface area contributed by atoms with Gasteiger partial charge in [0.2, 0.25) is 5.95 Å². The van der Waals surface area contributed by atoms with Crippen LogP contribution in [0.1, 0.15) is 60.4 Å². The molecular formula is C15H26BrFN2Si. The first-order valence-corrected chi connectivity index (χ1v) is 10.7. The van der Waals surface area contributed by atoms with E-state index in [0.717, 1.165) is 18.3 Å². The Kier molecular flexibility index (Phi) is 4.51. The van der Waals surface area contributed by atoms with Gasteiger partial charge in [0.05, 0.1) is 5.45 Å². The molecule has 0 unspecified atom stereocenters. The molecular weight excluding hydrogens is 335 g/mol. The van der Waals surface area contributed by atoms with Gasteiger partial charge >= 0.3 is 0 Å². The van der Waals surface area contributed by atoms with E-state index < -0.39 is 8.07 Å². The number of imidazole rings is 1. The van der Waals surface area contributed by atoms with E-state index in [1.165, 1.54) is 0 Å². The van der Waals surface area contributed by atoms with E-state index in [1.807, 2.05) is 4.57 Å². The summed E-state index contributed by atoms with van der Waals surface area (Å²) in [6.45, 7) is 13.8. The molecule has 5 heteroatoms. The molecule has 20 heavy (non-hydrogen) atoms. The standard InChI is InChI=1S/C15H26BrFN2Si/c1-9(2)20(10(3)4,11(5)6)15-18-13(16)14(17)19(15)12-7-8-12/h9-12H,7-8H2,1-6H3. The average Bonchev–Trinajstić information content (AvgIpc) is 3.08. The van der Waals surface area contributed by atoms with Gasteiger partial charge in [-0.15, -0.1) is 0 Å². The molecule has 0 aliphatic heterocycles. The van der Waals surface area contributed by atoms with Crippen LogP contribution in [0.25, 0.3) is 0 Å². The largest absolute Gasteiger partial charge is 0.305 e. The Morgan fingerprint density at radius 2 is 1.55 bits per heavy atom. The fourth-order valence-corrected chi connectivity index (χ4v) is 11.2. The summed E-state index contributed by atoms with van der Waals surface area (Å²) in [4.78, 5) is 4.67. The highest BCUT2D eigenvalue weighted by Gasteiger charge is 2.50. The summed E-state index contributed by atoms with van der Waals surface area (Å²) < 4.78 is 16.8. The molecule has 1 aliphatic carbocycles. The molecule has 0 atom stereocenters. The topological polar surface area (TPSA) is 17.8 Å². The van der Waals surface area contributed by atoms with Gasteiger partial charge in [-0.25, -0.2) is 4.98 Å². The molecule has 1 heterocycles. The lowest BCUT2D eigenvalue weighted by Crippen LogP contribution is -2.59. The third-order valence-corrected chi connectivity index (χ3v) is 12.3. The lowest BCUT2D eigenvalue weighted by Gasteiger charge is -2.42. The predicted octanol–water partition coefficient (Wildman–Crippen LogP) is 5.01. The summed E-state index contributed by atoms with van der Waals surface area (Å²) in [5.74, 6) is -0.165. The normalized spacial score (nSPS) is 16.8. The minimum Gasteiger partial charge on any atom is -0.305 e. The Hall–Kier alpha value is -0.163. The van der Waals surface area contributed by atoms with Gasteiger partial charge in [0.25, 0.3) is 0 Å². The number of halogens is 2. The van der Waals surface area contributed by atoms with Crippen molar-refractivity contribution in [2.75, 3.05) is 0 Å². The van der Waals surface area contributed by atoms with Crippen molar-refractivity contribution in [1.29, 1.82) is 0 Å². The Labute approximate surface area is 131 Å². The Morgan fingerprint density at radius 3 is 1.90 bits per heavy atom. The molecule has 0 saturated heterocycles. The number of rotatable bonds is 5. The molecule has 0 bridgehead atoms. The lowest BCUT2D eigenvalue weighted by molar-refractivity contribution is 0.501. The first kappa shape index (κ1) is 16.2. The van der Waals surface area contributed by atoms with Crippen molar-refractivity contribution in [2.45, 2.75) is 77.0 Å². The van der Waals surface area contributed by atoms with Gasteiger partial charge in [0.1, 0.15) is 8.07 Å². The van der Waals surface area contributed by atoms with Crippen LogP contribution in [0.3, 0.4) is 0 Å². The number of hydrogen-bond acceptors (Lipinski definition) is 1. The highest BCUT2D eigenvalue weighted by atomic mass is 79.9. The van der Waals surface area contributed by atoms with Crippen LogP contribution in [0, 0.1) is 5.95 Å². The Morgan fingerprint density at radius 1 is 1.10 bits per heavy atom. The summed E-state index contributed by atoms with van der Waals surface area (Å²) in [5.41, 5.74) is 2.72. The SMILES string of the molecule is CC(C)[Si](c1nc(Br)c(F)n1C1CC1)(C(C)C)C(C)C. The van der Waals surface area contributed by atoms with Gasteiger partial charge in [-0.2, -0.15) is 4.39 Å². The van der Waals surface area contributed by atoms with Crippen molar-refractivity contribution in [3.8, 4) is 0 Å². The molecule has 1 aromatic heterocycles. The van der Waals surface area contributed by atoms with Crippen molar-refractivity contribution >= 4 is 29.5 Å². The molecule has 1 aromatic rings. The molecule has 1 saturated carbocycles. The third-order valence-electron chi connectivity index (χ3n) is 4.98. The lowest BCUT2D eigenvalue weighted by atomic mass is 10.5. The summed E-state index contributed by atoms with van der Waals surface area (Å²) in [6.07, 6.45) is 2.18. The van der Waals surface area contributed by atoms with Gasteiger partial charge in [0.15, 0.2) is 4.60 Å². The van der Waals surface area contributed by atoms with Crippen molar-refractivity contribution in [3.05, 3.63) is 10.6 Å². The molecule has 114 valence electrons. The first-order valence-electron chi connectivity index (χ1n) is 7.68. The third kappa shape index (κ3) is 2.30. The highest BCUT2D eigenvalue weighted by molar-refractivity contribution is 9.10. The van der Waals surface area contributed by atoms with Gasteiger partial charge in [-0.3, -0.25) is 0 Å². The van der Waals surface area contributed by atoms with Crippen LogP contribution in [0.15, 0.2) is 4.60 Å². The molecule has 1 aliphatic rings. The zero-order valence-electron chi connectivity index (χ0n) is 13.4. The maximum Gasteiger partial charge on any atom is 0.228 e. The van der Waals surface area contributed by atoms with Crippen LogP contribution in [0.4, 0.5) is 4.39 Å². The summed E-state index contributed by atoms with van der Waals surface area (Å²) in [5, 5.41) is 0. The highest BCUT2D eigenvalue weighted by Crippen LogP contribution is 2.44. The van der Waals surface area contributed by atoms with E-state index in [1.54, 1.807) is 0 Å². The fraction of sp³-hybridized carbons (Fsp3) is 0.800. The first-order chi connectivity index (χ1) is 9.24. The van der Waals surface area contributed by atoms with Crippen LogP contribution in [0.5, 0.6) is 0 Å². The second-order valence-corrected chi connectivity index (χ2v) is 13.5. The van der Waals surface area contributed by atoms with E-state index in [-0.39, 0.29) is 5.95 Å². The van der Waals surface area contributed by atoms with Crippen molar-refractivity contribution < 1.29 is 4.39 Å². The minimum absolute atomic E-state index is 0.165. The summed E-state index contributed by atoms with van der Waals surface area (Å²) in [6, 6.07) is 0.340. The fourth-order valence-electron chi connectivity index (χ4n) is 4.13. The molecule has 2 nitrogen and oxygen atoms in total. The molecule has 1 fully saturated rings. The number of aromatic nitrogens is 2. The molecule has 2 rings (SSSR count). The van der Waals surface area contributed by atoms with Crippen LogP contribution in [0.2, 0.25) is 16.6 Å². The van der Waals surface area contributed by atoms with Crippen LogP contribution >= 0.6 is 15.9 Å². The minimum atomic E-state index is -1.90. The second kappa shape index (κ2) is 5.56. The molecule has 0 radical (unpaired) electrons. The Bertz CT molecular complexity index is 471. The number of nitrogens with zero attached hydrogens (tertiary/aromatic N) is 2. The van der Waals surface area contributed by atoms with Gasteiger partial charge in [0, 0.05) is 6.04 Å². The van der Waals surface area contributed by atoms with Gasteiger partial charge < -0.3 is 4.57 Å². The molecule has 0 aromatic carbocycles. The van der Waals surface area contributed by atoms with Crippen molar-refractivity contribution in [1.82, 2.24) is 9.55 Å². The van der Waals surface area contributed by atoms with Crippen LogP contribution in [-0.2, 0) is 0 Å². The smallest absolute Gasteiger partial charge is 0.228 e. The zero-order valence-corrected chi connectivity index (χ0v) is 16.0. The zero-order chi connectivity index (χ0) is 15.2. The van der Waals surface area contributed by atoms with Gasteiger partial charge in [-0.05, 0) is 45.4 Å². The molecule has 0 amide bonds. The van der Waals surface area contributed by atoms with Gasteiger partial charge in [-0.1, -0.05) is 41.5 Å². The second-order valence-electron chi connectivity index (χ2n) is 7.02. The quantitative estimate of drug-likeness (QED) is 0.675. The summed E-state index contributed by atoms with van der Waals surface area (Å²) in [7, 11) is -1.90. The van der Waals surface area contributed by atoms with E-state index in [0.29, 0.717) is 27.3 Å². The average molecular weight is 361 g/mol. The molecule has 0 N–H and O–H groups in total. The van der Waals surface area contributed by atoms with Crippen molar-refractivity contribution in [2.24, 2.45) is 0 Å². The summed E-state index contributed by atoms with van der Waals surface area (Å²) >= 11 is 3.32. The number of hydrogen-bond donors (Lipinski definition) is 0. The van der Waals surface area contributed by atoms with Crippen LogP contribution in [-0.4, -0.2) is 17.6 Å². The Balaban J connectivity index is 2.69. The monoisotopic (exact) mass is 360 g/mol. The van der Waals surface area contributed by atoms with E-state index in [2.05, 4.69) is 62.5 Å². The van der Waals surface area contributed by atoms with E-state index in [9.17, 15) is 4.39 Å². The maximum absolute atomic E-state index is 14.5. The van der Waals surface area contributed by atoms with E-state index in [4.69, 9.17) is 0 Å². The maximum atomic E-state index is 14.5.